The van der Waals surface area contributed by atoms with E-state index in [4.69, 9.17) is 0 Å². The highest BCUT2D eigenvalue weighted by molar-refractivity contribution is 6.01. The average Bonchev–Trinajstić information content (AvgIpc) is 3.19. The number of Topliss-reactive ketones (excluding diaryl/α,β-unsaturated/α-hetero) is 1. The number of hydrogen-bond donors (Lipinski definition) is 0. The van der Waals surface area contributed by atoms with Crippen molar-refractivity contribution < 1.29 is 4.79 Å². The van der Waals surface area contributed by atoms with Crippen molar-refractivity contribution in [2.45, 2.75) is 12.0 Å². The van der Waals surface area contributed by atoms with Crippen LogP contribution in [0.2, 0.25) is 0 Å². The van der Waals surface area contributed by atoms with Crippen LogP contribution in [0.15, 0.2) is 95.2 Å². The molecule has 3 aromatic carbocycles. The molecule has 3 heteroatoms. The number of carbonyl (C=O) groups excluding carboxylic acids is 1. The maximum absolute atomic E-state index is 12.9. The fraction of sp³-hybridized carbons (Fsp3) is 0.136. The quantitative estimate of drug-likeness (QED) is 0.611. The van der Waals surface area contributed by atoms with E-state index in [9.17, 15) is 4.79 Å². The lowest BCUT2D eigenvalue weighted by molar-refractivity contribution is 0.0956. The number of hydrogen-bond acceptors (Lipinski definition) is 3. The summed E-state index contributed by atoms with van der Waals surface area (Å²) in [5.74, 6) is 0.0669. The molecule has 25 heavy (non-hydrogen) atoms. The summed E-state index contributed by atoms with van der Waals surface area (Å²) >= 11 is 0. The summed E-state index contributed by atoms with van der Waals surface area (Å²) in [5, 5.41) is 8.36. The summed E-state index contributed by atoms with van der Waals surface area (Å²) in [6.45, 7) is 0.572. The molecule has 0 aromatic heterocycles. The molecule has 1 heterocycles. The monoisotopic (exact) mass is 326 g/mol. The lowest BCUT2D eigenvalue weighted by Crippen LogP contribution is -2.24. The Balaban J connectivity index is 1.57. The van der Waals surface area contributed by atoms with Crippen LogP contribution in [-0.2, 0) is 0 Å². The Morgan fingerprint density at radius 2 is 1.36 bits per heavy atom. The molecule has 2 atom stereocenters. The smallest absolute Gasteiger partial charge is 0.189 e. The maximum Gasteiger partial charge on any atom is 0.189 e. The maximum atomic E-state index is 12.9. The molecule has 3 aromatic rings. The standard InChI is InChI=1S/C22H18N2O/c25-22(21-20(15-23-24-21)18-9-5-2-6-10-18)19-13-11-17(12-14-19)16-7-3-1-4-8-16/h1-14,20-21H,15H2. The van der Waals surface area contributed by atoms with Gasteiger partial charge < -0.3 is 0 Å². The van der Waals surface area contributed by atoms with Gasteiger partial charge in [-0.05, 0) is 16.7 Å². The fourth-order valence-corrected chi connectivity index (χ4v) is 3.25. The van der Waals surface area contributed by atoms with E-state index in [-0.39, 0.29) is 11.7 Å². The number of azo groups is 1. The molecule has 0 saturated heterocycles. The number of nitrogens with zero attached hydrogens (tertiary/aromatic N) is 2. The van der Waals surface area contributed by atoms with Gasteiger partial charge in [-0.25, -0.2) is 0 Å². The third kappa shape index (κ3) is 3.13. The molecule has 0 radical (unpaired) electrons. The molecule has 0 spiro atoms. The SMILES string of the molecule is O=C(c1ccc(-c2ccccc2)cc1)C1N=NCC1c1ccccc1. The van der Waals surface area contributed by atoms with E-state index in [1.54, 1.807) is 0 Å². The molecule has 0 amide bonds. The fourth-order valence-electron chi connectivity index (χ4n) is 3.25. The first-order chi connectivity index (χ1) is 12.3. The second-order valence-corrected chi connectivity index (χ2v) is 6.21. The Bertz CT molecular complexity index is 886. The molecule has 122 valence electrons. The first-order valence-electron chi connectivity index (χ1n) is 8.44. The van der Waals surface area contributed by atoms with Crippen LogP contribution in [0.25, 0.3) is 11.1 Å². The zero-order valence-electron chi connectivity index (χ0n) is 13.7. The van der Waals surface area contributed by atoms with E-state index in [0.29, 0.717) is 12.1 Å². The summed E-state index contributed by atoms with van der Waals surface area (Å²) in [7, 11) is 0. The molecule has 3 nitrogen and oxygen atoms in total. The van der Waals surface area contributed by atoms with Crippen LogP contribution >= 0.6 is 0 Å². The van der Waals surface area contributed by atoms with Gasteiger partial charge in [0.1, 0.15) is 6.04 Å². The molecular weight excluding hydrogens is 308 g/mol. The molecule has 4 rings (SSSR count). The second-order valence-electron chi connectivity index (χ2n) is 6.21. The summed E-state index contributed by atoms with van der Waals surface area (Å²) in [6.07, 6.45) is 0. The van der Waals surface area contributed by atoms with Gasteiger partial charge >= 0.3 is 0 Å². The van der Waals surface area contributed by atoms with Gasteiger partial charge in [0.15, 0.2) is 5.78 Å². The highest BCUT2D eigenvalue weighted by atomic mass is 16.1. The summed E-state index contributed by atoms with van der Waals surface area (Å²) < 4.78 is 0. The number of benzene rings is 3. The minimum absolute atomic E-state index is 0.0301. The first kappa shape index (κ1) is 15.5. The van der Waals surface area contributed by atoms with Crippen LogP contribution < -0.4 is 0 Å². The van der Waals surface area contributed by atoms with Crippen LogP contribution in [0.3, 0.4) is 0 Å². The van der Waals surface area contributed by atoms with Gasteiger partial charge in [0.05, 0.1) is 6.54 Å². The summed E-state index contributed by atoms with van der Waals surface area (Å²) in [5.41, 5.74) is 4.05. The minimum atomic E-state index is -0.426. The lowest BCUT2D eigenvalue weighted by atomic mass is 9.88. The summed E-state index contributed by atoms with van der Waals surface area (Å²) in [4.78, 5) is 12.9. The number of carbonyl (C=O) groups is 1. The van der Waals surface area contributed by atoms with Crippen molar-refractivity contribution in [3.63, 3.8) is 0 Å². The molecule has 0 fully saturated rings. The number of ketones is 1. The lowest BCUT2D eigenvalue weighted by Gasteiger charge is -2.16. The molecule has 0 N–H and O–H groups in total. The van der Waals surface area contributed by atoms with Crippen molar-refractivity contribution in [3.8, 4) is 11.1 Å². The van der Waals surface area contributed by atoms with E-state index in [2.05, 4.69) is 22.4 Å². The predicted molar refractivity (Wildman–Crippen MR) is 98.9 cm³/mol. The predicted octanol–water partition coefficient (Wildman–Crippen LogP) is 5.15. The molecular formula is C22H18N2O. The van der Waals surface area contributed by atoms with Crippen LogP contribution in [0, 0.1) is 0 Å². The molecule has 2 unspecified atom stereocenters. The summed E-state index contributed by atoms with van der Waals surface area (Å²) in [6, 6.07) is 27.5. The van der Waals surface area contributed by atoms with Gasteiger partial charge in [0, 0.05) is 11.5 Å². The first-order valence-corrected chi connectivity index (χ1v) is 8.44. The zero-order chi connectivity index (χ0) is 17.1. The largest absolute Gasteiger partial charge is 0.292 e. The van der Waals surface area contributed by atoms with E-state index in [0.717, 1.165) is 16.7 Å². The Morgan fingerprint density at radius 3 is 2.04 bits per heavy atom. The van der Waals surface area contributed by atoms with Crippen LogP contribution in [-0.4, -0.2) is 18.4 Å². The van der Waals surface area contributed by atoms with Crippen LogP contribution in [0.5, 0.6) is 0 Å². The van der Waals surface area contributed by atoms with Gasteiger partial charge in [-0.15, -0.1) is 0 Å². The Hall–Kier alpha value is -3.07. The van der Waals surface area contributed by atoms with Gasteiger partial charge in [-0.1, -0.05) is 84.9 Å². The topological polar surface area (TPSA) is 41.8 Å². The average molecular weight is 326 g/mol. The Kier molecular flexibility index (Phi) is 4.21. The van der Waals surface area contributed by atoms with Crippen molar-refractivity contribution in [2.24, 2.45) is 10.2 Å². The second kappa shape index (κ2) is 6.81. The normalized spacial score (nSPS) is 19.0. The van der Waals surface area contributed by atoms with E-state index < -0.39 is 6.04 Å². The van der Waals surface area contributed by atoms with E-state index in [1.165, 1.54) is 0 Å². The van der Waals surface area contributed by atoms with Crippen molar-refractivity contribution in [3.05, 3.63) is 96.1 Å². The van der Waals surface area contributed by atoms with Crippen molar-refractivity contribution in [2.75, 3.05) is 6.54 Å². The van der Waals surface area contributed by atoms with Crippen molar-refractivity contribution >= 4 is 5.78 Å². The highest BCUT2D eigenvalue weighted by Crippen LogP contribution is 2.30. The number of rotatable bonds is 4. The van der Waals surface area contributed by atoms with Crippen molar-refractivity contribution in [1.29, 1.82) is 0 Å². The molecule has 1 aliphatic heterocycles. The molecule has 0 bridgehead atoms. The third-order valence-electron chi connectivity index (χ3n) is 4.64. The van der Waals surface area contributed by atoms with E-state index in [1.807, 2.05) is 72.8 Å². The van der Waals surface area contributed by atoms with Crippen LogP contribution in [0.4, 0.5) is 0 Å². The highest BCUT2D eigenvalue weighted by Gasteiger charge is 2.33. The van der Waals surface area contributed by atoms with Gasteiger partial charge in [0.25, 0.3) is 0 Å². The molecule has 0 aliphatic carbocycles. The third-order valence-corrected chi connectivity index (χ3v) is 4.64. The molecule has 1 aliphatic rings. The van der Waals surface area contributed by atoms with Gasteiger partial charge in [0.2, 0.25) is 0 Å². The Labute approximate surface area is 147 Å². The molecule has 0 saturated carbocycles. The van der Waals surface area contributed by atoms with Crippen molar-refractivity contribution in [1.82, 2.24) is 0 Å². The van der Waals surface area contributed by atoms with E-state index >= 15 is 0 Å². The van der Waals surface area contributed by atoms with Gasteiger partial charge in [-0.2, -0.15) is 10.2 Å². The minimum Gasteiger partial charge on any atom is -0.292 e. The van der Waals surface area contributed by atoms with Crippen LogP contribution in [0.1, 0.15) is 21.8 Å². The zero-order valence-corrected chi connectivity index (χ0v) is 13.7. The van der Waals surface area contributed by atoms with Gasteiger partial charge in [-0.3, -0.25) is 4.79 Å². The Morgan fingerprint density at radius 1 is 0.760 bits per heavy atom.